The molecule has 0 saturated carbocycles. The summed E-state index contributed by atoms with van der Waals surface area (Å²) in [5.74, 6) is 1.66. The summed E-state index contributed by atoms with van der Waals surface area (Å²) < 4.78 is 5.25. The Morgan fingerprint density at radius 2 is 1.95 bits per heavy atom. The molecule has 0 bridgehead atoms. The summed E-state index contributed by atoms with van der Waals surface area (Å²) in [6.45, 7) is 9.62. The number of amides is 2. The van der Waals surface area contributed by atoms with E-state index in [4.69, 9.17) is 4.74 Å². The molecule has 0 aliphatic carbocycles. The molecule has 6 nitrogen and oxygen atoms in total. The first kappa shape index (κ1) is 18.1. The van der Waals surface area contributed by atoms with E-state index in [9.17, 15) is 9.59 Å². The SMILES string of the molecule is CN(CC(C)(C)NC(=O)OC(C)(C)C)C(=O)C1CSCN1. The summed E-state index contributed by atoms with van der Waals surface area (Å²) in [4.78, 5) is 25.7. The predicted molar refractivity (Wildman–Crippen MR) is 85.3 cm³/mol. The molecule has 7 heteroatoms. The van der Waals surface area contributed by atoms with E-state index in [1.54, 1.807) is 23.7 Å². The highest BCUT2D eigenvalue weighted by Crippen LogP contribution is 2.14. The lowest BCUT2D eigenvalue weighted by molar-refractivity contribution is -0.132. The summed E-state index contributed by atoms with van der Waals surface area (Å²) in [7, 11) is 1.76. The van der Waals surface area contributed by atoms with Gasteiger partial charge in [0, 0.05) is 25.2 Å². The largest absolute Gasteiger partial charge is 0.444 e. The second-order valence-corrected chi connectivity index (χ2v) is 8.01. The first-order valence-electron chi connectivity index (χ1n) is 7.07. The first-order chi connectivity index (χ1) is 9.50. The van der Waals surface area contributed by atoms with E-state index in [1.165, 1.54) is 0 Å². The molecular formula is C14H27N3O3S. The first-order valence-corrected chi connectivity index (χ1v) is 8.23. The van der Waals surface area contributed by atoms with Crippen LogP contribution in [-0.4, -0.2) is 59.3 Å². The van der Waals surface area contributed by atoms with Crippen molar-refractivity contribution < 1.29 is 14.3 Å². The van der Waals surface area contributed by atoms with Gasteiger partial charge < -0.3 is 15.0 Å². The van der Waals surface area contributed by atoms with Crippen molar-refractivity contribution in [2.24, 2.45) is 0 Å². The highest BCUT2D eigenvalue weighted by atomic mass is 32.2. The van der Waals surface area contributed by atoms with Gasteiger partial charge in [-0.2, -0.15) is 0 Å². The maximum atomic E-state index is 12.2. The smallest absolute Gasteiger partial charge is 0.408 e. The number of nitrogens with zero attached hydrogens (tertiary/aromatic N) is 1. The Morgan fingerprint density at radius 1 is 1.33 bits per heavy atom. The molecule has 0 aromatic heterocycles. The number of rotatable bonds is 4. The average Bonchev–Trinajstić information content (AvgIpc) is 2.76. The van der Waals surface area contributed by atoms with Gasteiger partial charge in [-0.1, -0.05) is 0 Å². The summed E-state index contributed by atoms with van der Waals surface area (Å²) >= 11 is 1.71. The van der Waals surface area contributed by atoms with Crippen LogP contribution in [0.1, 0.15) is 34.6 Å². The van der Waals surface area contributed by atoms with Crippen LogP contribution in [0.5, 0.6) is 0 Å². The molecule has 1 fully saturated rings. The quantitative estimate of drug-likeness (QED) is 0.820. The van der Waals surface area contributed by atoms with Crippen molar-refractivity contribution >= 4 is 23.8 Å². The van der Waals surface area contributed by atoms with Crippen LogP contribution in [0.25, 0.3) is 0 Å². The van der Waals surface area contributed by atoms with E-state index in [0.29, 0.717) is 6.54 Å². The maximum absolute atomic E-state index is 12.2. The molecule has 122 valence electrons. The molecule has 1 unspecified atom stereocenters. The minimum absolute atomic E-state index is 0.0547. The third-order valence-electron chi connectivity index (χ3n) is 2.86. The van der Waals surface area contributed by atoms with Gasteiger partial charge in [-0.05, 0) is 34.6 Å². The van der Waals surface area contributed by atoms with Crippen LogP contribution >= 0.6 is 11.8 Å². The highest BCUT2D eigenvalue weighted by molar-refractivity contribution is 7.99. The molecule has 2 amide bonds. The Bertz CT molecular complexity index is 387. The fourth-order valence-electron chi connectivity index (χ4n) is 2.11. The van der Waals surface area contributed by atoms with E-state index in [1.807, 2.05) is 34.6 Å². The molecular weight excluding hydrogens is 290 g/mol. The van der Waals surface area contributed by atoms with E-state index in [0.717, 1.165) is 11.6 Å². The van der Waals surface area contributed by atoms with Crippen LogP contribution in [0.15, 0.2) is 0 Å². The topological polar surface area (TPSA) is 70.7 Å². The number of alkyl carbamates (subject to hydrolysis) is 1. The Morgan fingerprint density at radius 3 is 2.43 bits per heavy atom. The van der Waals surface area contributed by atoms with Gasteiger partial charge in [-0.15, -0.1) is 11.8 Å². The van der Waals surface area contributed by atoms with Crippen LogP contribution in [0.3, 0.4) is 0 Å². The van der Waals surface area contributed by atoms with Gasteiger partial charge in [0.2, 0.25) is 5.91 Å². The molecule has 0 aromatic rings. The second kappa shape index (κ2) is 6.87. The third-order valence-corrected chi connectivity index (χ3v) is 3.80. The van der Waals surface area contributed by atoms with E-state index in [2.05, 4.69) is 10.6 Å². The average molecular weight is 317 g/mol. The van der Waals surface area contributed by atoms with Crippen molar-refractivity contribution in [1.82, 2.24) is 15.5 Å². The Labute approximate surface area is 131 Å². The monoisotopic (exact) mass is 317 g/mol. The summed E-state index contributed by atoms with van der Waals surface area (Å²) in [6.07, 6.45) is -0.470. The highest BCUT2D eigenvalue weighted by Gasteiger charge is 2.31. The zero-order valence-corrected chi connectivity index (χ0v) is 14.6. The number of hydrogen-bond donors (Lipinski definition) is 2. The number of likely N-dealkylation sites (N-methyl/N-ethyl adjacent to an activating group) is 1. The van der Waals surface area contributed by atoms with Gasteiger partial charge in [0.15, 0.2) is 0 Å². The number of hydrogen-bond acceptors (Lipinski definition) is 5. The van der Waals surface area contributed by atoms with Crippen molar-refractivity contribution in [3.63, 3.8) is 0 Å². The Balaban J connectivity index is 2.50. The zero-order valence-electron chi connectivity index (χ0n) is 13.8. The molecule has 1 saturated heterocycles. The summed E-state index contributed by atoms with van der Waals surface area (Å²) in [5, 5.41) is 5.96. The molecule has 0 spiro atoms. The minimum atomic E-state index is -0.557. The van der Waals surface area contributed by atoms with Crippen molar-refractivity contribution in [3.05, 3.63) is 0 Å². The van der Waals surface area contributed by atoms with E-state index in [-0.39, 0.29) is 11.9 Å². The molecule has 1 aliphatic rings. The van der Waals surface area contributed by atoms with Crippen LogP contribution in [0.4, 0.5) is 4.79 Å². The van der Waals surface area contributed by atoms with Gasteiger partial charge in [-0.25, -0.2) is 4.79 Å². The summed E-state index contributed by atoms with van der Waals surface area (Å²) in [5.41, 5.74) is -1.09. The number of ether oxygens (including phenoxy) is 1. The normalized spacial score (nSPS) is 19.2. The fraction of sp³-hybridized carbons (Fsp3) is 0.857. The van der Waals surface area contributed by atoms with Crippen LogP contribution in [0, 0.1) is 0 Å². The number of carbonyl (C=O) groups is 2. The second-order valence-electron chi connectivity index (χ2n) is 6.98. The summed E-state index contributed by atoms with van der Waals surface area (Å²) in [6, 6.07) is -0.127. The lowest BCUT2D eigenvalue weighted by Gasteiger charge is -2.33. The molecule has 2 N–H and O–H groups in total. The van der Waals surface area contributed by atoms with Gasteiger partial charge >= 0.3 is 6.09 Å². The Hall–Kier alpha value is -0.950. The van der Waals surface area contributed by atoms with Crippen molar-refractivity contribution in [2.75, 3.05) is 25.2 Å². The number of carbonyl (C=O) groups excluding carboxylic acids is 2. The minimum Gasteiger partial charge on any atom is -0.444 e. The van der Waals surface area contributed by atoms with Crippen molar-refractivity contribution in [1.29, 1.82) is 0 Å². The molecule has 1 atom stereocenters. The predicted octanol–water partition coefficient (Wildman–Crippen LogP) is 1.41. The lowest BCUT2D eigenvalue weighted by atomic mass is 10.1. The number of thioether (sulfide) groups is 1. The molecule has 0 aromatic carbocycles. The maximum Gasteiger partial charge on any atom is 0.408 e. The standard InChI is InChI=1S/C14H27N3O3S/c1-13(2,3)20-12(19)16-14(4,5)8-17(6)11(18)10-7-21-9-15-10/h10,15H,7-9H2,1-6H3,(H,16,19). The van der Waals surface area contributed by atoms with Crippen LogP contribution < -0.4 is 10.6 Å². The molecule has 1 aliphatic heterocycles. The Kier molecular flexibility index (Phi) is 5.92. The zero-order chi connectivity index (χ0) is 16.3. The fourth-order valence-corrected chi connectivity index (χ4v) is 3.04. The molecule has 1 heterocycles. The number of nitrogens with one attached hydrogen (secondary N) is 2. The lowest BCUT2D eigenvalue weighted by Crippen LogP contribution is -2.55. The molecule has 21 heavy (non-hydrogen) atoms. The van der Waals surface area contributed by atoms with Crippen molar-refractivity contribution in [2.45, 2.75) is 51.8 Å². The van der Waals surface area contributed by atoms with Crippen LogP contribution in [-0.2, 0) is 9.53 Å². The van der Waals surface area contributed by atoms with E-state index >= 15 is 0 Å². The van der Waals surface area contributed by atoms with Gasteiger partial charge in [0.1, 0.15) is 5.60 Å². The van der Waals surface area contributed by atoms with Gasteiger partial charge in [-0.3, -0.25) is 10.1 Å². The third kappa shape index (κ3) is 6.56. The van der Waals surface area contributed by atoms with Crippen molar-refractivity contribution in [3.8, 4) is 0 Å². The van der Waals surface area contributed by atoms with Crippen LogP contribution in [0.2, 0.25) is 0 Å². The molecule has 1 rings (SSSR count). The molecule has 0 radical (unpaired) electrons. The van der Waals surface area contributed by atoms with Gasteiger partial charge in [0.25, 0.3) is 0 Å². The van der Waals surface area contributed by atoms with E-state index < -0.39 is 17.2 Å². The van der Waals surface area contributed by atoms with Gasteiger partial charge in [0.05, 0.1) is 11.6 Å².